The molecule has 2 aliphatic heterocycles. The zero-order chi connectivity index (χ0) is 25.9. The number of rotatable bonds is 11. The monoisotopic (exact) mass is 557 g/mol. The van der Waals surface area contributed by atoms with Crippen molar-refractivity contribution in [2.24, 2.45) is 16.3 Å². The number of nitrogen functional groups attached to an aromatic ring is 1. The van der Waals surface area contributed by atoms with Crippen molar-refractivity contribution in [2.45, 2.75) is 29.5 Å². The quantitative estimate of drug-likeness (QED) is 0.102. The Balaban J connectivity index is 1.41. The van der Waals surface area contributed by atoms with Crippen LogP contribution >= 0.6 is 35.1 Å². The minimum Gasteiger partial charge on any atom is -0.481 e. The number of carboxylic acids is 1. The average Bonchev–Trinajstić information content (AvgIpc) is 3.51. The molecule has 0 spiro atoms. The Morgan fingerprint density at radius 1 is 1.44 bits per heavy atom. The number of hydrogen-bond acceptors (Lipinski definition) is 15. The summed E-state index contributed by atoms with van der Waals surface area (Å²) in [5, 5.41) is 28.1. The summed E-state index contributed by atoms with van der Waals surface area (Å²) in [4.78, 5) is 48.1. The lowest BCUT2D eigenvalue weighted by Gasteiger charge is -2.53. The number of thioether (sulfide) groups is 2. The number of tetrazole rings is 1. The molecule has 0 aromatic carbocycles. The van der Waals surface area contributed by atoms with Crippen LogP contribution in [0.2, 0.25) is 0 Å². The number of fused-ring (bicyclic) bond motifs is 1. The molecule has 3 atom stereocenters. The van der Waals surface area contributed by atoms with Gasteiger partial charge in [-0.2, -0.15) is 9.36 Å². The molecule has 0 bridgehead atoms. The average molecular weight is 558 g/mol. The number of aliphatic carboxylic acids is 1. The molecule has 4 heterocycles. The zero-order valence-corrected chi connectivity index (χ0v) is 21.4. The van der Waals surface area contributed by atoms with Gasteiger partial charge in [-0.3, -0.25) is 14.4 Å². The normalized spacial score (nSPS) is 23.7. The summed E-state index contributed by atoms with van der Waals surface area (Å²) in [6, 6.07) is -0.858. The Morgan fingerprint density at radius 3 is 2.92 bits per heavy atom. The second kappa shape index (κ2) is 10.9. The van der Waals surface area contributed by atoms with Crippen molar-refractivity contribution in [1.82, 2.24) is 39.8 Å². The Morgan fingerprint density at radius 2 is 2.25 bits per heavy atom. The van der Waals surface area contributed by atoms with Gasteiger partial charge in [-0.25, -0.2) is 4.68 Å². The van der Waals surface area contributed by atoms with Crippen molar-refractivity contribution in [3.05, 3.63) is 5.82 Å². The Bertz CT molecular complexity index is 1170. The molecule has 2 amide bonds. The number of nitrogens with two attached hydrogens (primary N) is 2. The second-order valence-corrected chi connectivity index (χ2v) is 10.7. The minimum atomic E-state index is -1.22. The molecule has 0 saturated carbocycles. The van der Waals surface area contributed by atoms with Gasteiger partial charge in [0.15, 0.2) is 5.13 Å². The molecule has 4 rings (SSSR count). The first-order valence-corrected chi connectivity index (χ1v) is 13.4. The molecule has 0 aliphatic carbocycles. The number of hydrogen-bond donors (Lipinski definition) is 4. The standard InChI is InChI=1S/C17H23N11O5S3/c1-33-23-8(10-21-15(19)36-24-10)11(29)20-9-12(30)27-5-17(14(31)32,6-34-13(9)27)7-35-16-22-25-26-28(16)4-2-3-18/h9,13H,2-7,18H2,1H3,(H,20,29)(H,31,32)(H2,19,21,24)/t9?,13-,17?/m1/s1. The number of amides is 2. The van der Waals surface area contributed by atoms with E-state index in [9.17, 15) is 19.5 Å². The van der Waals surface area contributed by atoms with Crippen molar-refractivity contribution in [1.29, 1.82) is 0 Å². The molecule has 36 heavy (non-hydrogen) atoms. The third-order valence-electron chi connectivity index (χ3n) is 5.49. The number of aryl methyl sites for hydroxylation is 1. The van der Waals surface area contributed by atoms with E-state index in [1.807, 2.05) is 0 Å². The van der Waals surface area contributed by atoms with Gasteiger partial charge in [0.25, 0.3) is 5.91 Å². The van der Waals surface area contributed by atoms with E-state index in [2.05, 4.69) is 35.4 Å². The van der Waals surface area contributed by atoms with Crippen LogP contribution in [0, 0.1) is 5.41 Å². The van der Waals surface area contributed by atoms with Gasteiger partial charge in [0.2, 0.25) is 22.6 Å². The minimum absolute atomic E-state index is 0.00817. The molecule has 19 heteroatoms. The van der Waals surface area contributed by atoms with Crippen LogP contribution in [0.25, 0.3) is 0 Å². The van der Waals surface area contributed by atoms with E-state index in [0.717, 1.165) is 11.5 Å². The Labute approximate surface area is 216 Å². The number of nitrogens with one attached hydrogen (secondary N) is 1. The van der Waals surface area contributed by atoms with Gasteiger partial charge >= 0.3 is 5.97 Å². The number of anilines is 1. The maximum absolute atomic E-state index is 12.9. The third-order valence-corrected chi connectivity index (χ3v) is 8.86. The van der Waals surface area contributed by atoms with Gasteiger partial charge in [0.1, 0.15) is 23.9 Å². The highest BCUT2D eigenvalue weighted by molar-refractivity contribution is 8.00. The molecule has 16 nitrogen and oxygen atoms in total. The van der Waals surface area contributed by atoms with Crippen molar-refractivity contribution in [2.75, 3.05) is 37.4 Å². The molecule has 2 saturated heterocycles. The van der Waals surface area contributed by atoms with Crippen molar-refractivity contribution in [3.63, 3.8) is 0 Å². The third kappa shape index (κ3) is 5.08. The van der Waals surface area contributed by atoms with Gasteiger partial charge in [-0.1, -0.05) is 16.9 Å². The van der Waals surface area contributed by atoms with Crippen LogP contribution < -0.4 is 16.8 Å². The van der Waals surface area contributed by atoms with E-state index in [0.29, 0.717) is 24.7 Å². The second-order valence-electron chi connectivity index (χ2n) is 7.90. The summed E-state index contributed by atoms with van der Waals surface area (Å²) >= 11 is 3.39. The number of carbonyl (C=O) groups is 3. The number of carboxylic acid groups (broad SMARTS) is 1. The molecule has 0 radical (unpaired) electrons. The largest absolute Gasteiger partial charge is 0.481 e. The van der Waals surface area contributed by atoms with Gasteiger partial charge in [-0.05, 0) is 23.4 Å². The van der Waals surface area contributed by atoms with Crippen LogP contribution in [0.4, 0.5) is 5.13 Å². The zero-order valence-electron chi connectivity index (χ0n) is 18.9. The molecular weight excluding hydrogens is 534 g/mol. The van der Waals surface area contributed by atoms with E-state index in [1.54, 1.807) is 4.68 Å². The first-order chi connectivity index (χ1) is 17.3. The lowest BCUT2D eigenvalue weighted by atomic mass is 9.89. The van der Waals surface area contributed by atoms with Gasteiger partial charge < -0.3 is 31.6 Å². The number of aromatic nitrogens is 6. The van der Waals surface area contributed by atoms with Crippen LogP contribution in [0.1, 0.15) is 12.2 Å². The number of carbonyl (C=O) groups excluding carboxylic acids is 2. The molecule has 2 aliphatic rings. The SMILES string of the molecule is CON=C(C(=O)NC1C(=O)N2CC(CSc3nnnn3CCCN)(C(=O)O)CS[C@H]12)c1nsc(N)n1. The summed E-state index contributed by atoms with van der Waals surface area (Å²) in [5.74, 6) is -1.76. The Kier molecular flexibility index (Phi) is 7.91. The molecule has 2 aromatic rings. The van der Waals surface area contributed by atoms with Crippen molar-refractivity contribution < 1.29 is 24.3 Å². The molecule has 2 fully saturated rings. The fourth-order valence-corrected chi connectivity index (χ4v) is 6.80. The summed E-state index contributed by atoms with van der Waals surface area (Å²) in [6.45, 7) is 0.987. The summed E-state index contributed by atoms with van der Waals surface area (Å²) < 4.78 is 5.53. The van der Waals surface area contributed by atoms with Crippen LogP contribution in [0.15, 0.2) is 10.3 Å². The van der Waals surface area contributed by atoms with Crippen LogP contribution in [0.3, 0.4) is 0 Å². The fraction of sp³-hybridized carbons (Fsp3) is 0.588. The molecule has 2 unspecified atom stereocenters. The summed E-state index contributed by atoms with van der Waals surface area (Å²) in [6.07, 6.45) is 0.679. The van der Waals surface area contributed by atoms with E-state index >= 15 is 0 Å². The lowest BCUT2D eigenvalue weighted by Crippen LogP contribution is -2.74. The highest BCUT2D eigenvalue weighted by atomic mass is 32.2. The summed E-state index contributed by atoms with van der Waals surface area (Å²) in [7, 11) is 1.26. The molecule has 194 valence electrons. The maximum Gasteiger partial charge on any atom is 0.313 e. The highest BCUT2D eigenvalue weighted by Gasteiger charge is 2.57. The van der Waals surface area contributed by atoms with E-state index in [1.165, 1.54) is 35.5 Å². The maximum atomic E-state index is 12.9. The van der Waals surface area contributed by atoms with E-state index in [-0.39, 0.29) is 34.7 Å². The molecular formula is C17H23N11O5S3. The first-order valence-electron chi connectivity index (χ1n) is 10.6. The van der Waals surface area contributed by atoms with Crippen LogP contribution in [0.5, 0.6) is 0 Å². The Hall–Kier alpha value is -3.03. The number of β-lactam (4-membered cyclic amide) rings is 1. The van der Waals surface area contributed by atoms with E-state index < -0.39 is 34.6 Å². The highest BCUT2D eigenvalue weighted by Crippen LogP contribution is 2.44. The predicted octanol–water partition coefficient (Wildman–Crippen LogP) is -1.93. The predicted molar refractivity (Wildman–Crippen MR) is 130 cm³/mol. The van der Waals surface area contributed by atoms with Gasteiger partial charge in [-0.15, -0.1) is 16.9 Å². The molecule has 2 aromatic heterocycles. The van der Waals surface area contributed by atoms with Crippen LogP contribution in [-0.2, 0) is 25.8 Å². The van der Waals surface area contributed by atoms with Crippen LogP contribution in [-0.4, -0.2) is 106 Å². The first kappa shape index (κ1) is 26.0. The van der Waals surface area contributed by atoms with Crippen molar-refractivity contribution in [3.8, 4) is 0 Å². The van der Waals surface area contributed by atoms with Crippen molar-refractivity contribution >= 4 is 63.7 Å². The van der Waals surface area contributed by atoms with E-state index in [4.69, 9.17) is 16.3 Å². The smallest absolute Gasteiger partial charge is 0.313 e. The number of nitrogens with zero attached hydrogens (tertiary/aromatic N) is 8. The van der Waals surface area contributed by atoms with Gasteiger partial charge in [0.05, 0.1) is 0 Å². The van der Waals surface area contributed by atoms with Gasteiger partial charge in [0, 0.05) is 36.1 Å². The number of oxime groups is 1. The topological polar surface area (TPSA) is 230 Å². The fourth-order valence-electron chi connectivity index (χ4n) is 3.61. The molecule has 6 N–H and O–H groups in total. The lowest BCUT2D eigenvalue weighted by molar-refractivity contribution is -0.157. The summed E-state index contributed by atoms with van der Waals surface area (Å²) in [5.41, 5.74) is 9.69.